The van der Waals surface area contributed by atoms with Gasteiger partial charge in [0.2, 0.25) is 5.82 Å². The lowest BCUT2D eigenvalue weighted by atomic mass is 10.0. The molecule has 2 atom stereocenters. The van der Waals surface area contributed by atoms with Crippen LogP contribution in [-0.4, -0.2) is 71.9 Å². The first-order chi connectivity index (χ1) is 19.1. The Morgan fingerprint density at radius 3 is 2.62 bits per heavy atom. The summed E-state index contributed by atoms with van der Waals surface area (Å²) in [6.45, 7) is 1.33. The van der Waals surface area contributed by atoms with Gasteiger partial charge in [0.15, 0.2) is 11.5 Å². The van der Waals surface area contributed by atoms with E-state index in [-0.39, 0.29) is 18.2 Å². The van der Waals surface area contributed by atoms with Crippen molar-refractivity contribution >= 4 is 6.16 Å². The van der Waals surface area contributed by atoms with Gasteiger partial charge in [-0.1, -0.05) is 29.4 Å². The van der Waals surface area contributed by atoms with E-state index in [0.717, 1.165) is 30.9 Å². The molecule has 3 aromatic heterocycles. The van der Waals surface area contributed by atoms with Gasteiger partial charge < -0.3 is 19.5 Å². The first-order valence-electron chi connectivity index (χ1n) is 12.1. The highest BCUT2D eigenvalue weighted by Crippen LogP contribution is 2.38. The summed E-state index contributed by atoms with van der Waals surface area (Å²) in [7, 11) is 0. The molecule has 1 aliphatic rings. The maximum Gasteiger partial charge on any atom is 0.506 e. The Balaban J connectivity index is 1.32. The van der Waals surface area contributed by atoms with Crippen LogP contribution in [0, 0.1) is 5.82 Å². The van der Waals surface area contributed by atoms with Crippen molar-refractivity contribution in [3.8, 4) is 28.7 Å². The number of alkyl halides is 3. The van der Waals surface area contributed by atoms with Crippen LogP contribution in [0.3, 0.4) is 0 Å². The minimum absolute atomic E-state index is 0.0153. The highest BCUT2D eigenvalue weighted by atomic mass is 19.4. The molecule has 15 heteroatoms. The molecule has 1 aromatic carbocycles. The topological polar surface area (TPSA) is 140 Å². The number of β-amino-alcohol motifs (C(OH)–C–C–N with tert-alkyl or cyclic N) is 1. The van der Waals surface area contributed by atoms with Crippen molar-refractivity contribution in [3.05, 3.63) is 65.9 Å². The Labute approximate surface area is 223 Å². The number of aromatic nitrogens is 5. The quantitative estimate of drug-likeness (QED) is 0.247. The van der Waals surface area contributed by atoms with Crippen molar-refractivity contribution in [1.82, 2.24) is 29.8 Å². The maximum atomic E-state index is 14.0. The number of aliphatic hydroxyl groups is 1. The fraction of sp³-hybridized carbons (Fsp3) is 0.320. The Bertz CT molecular complexity index is 1470. The second kappa shape index (κ2) is 11.0. The van der Waals surface area contributed by atoms with Crippen LogP contribution < -0.4 is 0 Å². The van der Waals surface area contributed by atoms with Gasteiger partial charge in [-0.05, 0) is 37.1 Å². The highest BCUT2D eigenvalue weighted by molar-refractivity contribution is 5.62. The number of benzene rings is 1. The van der Waals surface area contributed by atoms with Crippen molar-refractivity contribution in [1.29, 1.82) is 0 Å². The van der Waals surface area contributed by atoms with Gasteiger partial charge in [-0.25, -0.2) is 18.9 Å². The summed E-state index contributed by atoms with van der Waals surface area (Å²) in [6.07, 6.45) is -4.49. The monoisotopic (exact) mass is 562 g/mol. The Morgan fingerprint density at radius 1 is 1.18 bits per heavy atom. The molecule has 40 heavy (non-hydrogen) atoms. The van der Waals surface area contributed by atoms with Crippen molar-refractivity contribution < 1.29 is 41.8 Å². The summed E-state index contributed by atoms with van der Waals surface area (Å²) in [6, 6.07) is 8.47. The second-order valence-corrected chi connectivity index (χ2v) is 9.12. The van der Waals surface area contributed by atoms with Crippen LogP contribution in [0.1, 0.15) is 30.2 Å². The number of hydrogen-bond acceptors (Lipinski definition) is 9. The molecule has 1 saturated heterocycles. The van der Waals surface area contributed by atoms with E-state index in [1.165, 1.54) is 0 Å². The number of ether oxygens (including phenoxy) is 1. The van der Waals surface area contributed by atoms with Gasteiger partial charge in [0.25, 0.3) is 5.89 Å². The van der Waals surface area contributed by atoms with Gasteiger partial charge in [0.1, 0.15) is 11.9 Å². The summed E-state index contributed by atoms with van der Waals surface area (Å²) in [4.78, 5) is 20.5. The van der Waals surface area contributed by atoms with Crippen LogP contribution in [0.15, 0.2) is 53.3 Å². The van der Waals surface area contributed by atoms with Crippen LogP contribution in [0.4, 0.5) is 22.4 Å². The summed E-state index contributed by atoms with van der Waals surface area (Å²) >= 11 is 0. The Kier molecular flexibility index (Phi) is 7.49. The van der Waals surface area contributed by atoms with E-state index in [9.17, 15) is 27.5 Å². The van der Waals surface area contributed by atoms with Gasteiger partial charge in [0.05, 0.1) is 24.1 Å². The molecule has 0 unspecified atom stereocenters. The summed E-state index contributed by atoms with van der Waals surface area (Å²) < 4.78 is 65.6. The predicted molar refractivity (Wildman–Crippen MR) is 129 cm³/mol. The molecular formula is C25H22F4N6O5. The fourth-order valence-corrected chi connectivity index (χ4v) is 4.52. The zero-order chi connectivity index (χ0) is 28.4. The predicted octanol–water partition coefficient (Wildman–Crippen LogP) is 4.33. The largest absolute Gasteiger partial charge is 0.506 e. The van der Waals surface area contributed by atoms with Crippen molar-refractivity contribution in [2.45, 2.75) is 31.2 Å². The molecule has 5 rings (SSSR count). The van der Waals surface area contributed by atoms with E-state index >= 15 is 0 Å². The van der Waals surface area contributed by atoms with Crippen LogP contribution >= 0.6 is 0 Å². The molecule has 0 amide bonds. The minimum Gasteiger partial charge on any atom is -0.450 e. The van der Waals surface area contributed by atoms with Gasteiger partial charge in [-0.3, -0.25) is 4.90 Å². The van der Waals surface area contributed by atoms with Gasteiger partial charge in [-0.2, -0.15) is 23.3 Å². The SMILES string of the molecule is O=C(O)O[C@H]1CCCN(C[C@@H](O)c2ccc(-c3noc(-c4cnn(-c5ccc(F)cn5)c4C(F)(F)F)n3)cc2)C1. The van der Waals surface area contributed by atoms with Crippen LogP contribution in [0.5, 0.6) is 0 Å². The van der Waals surface area contributed by atoms with Gasteiger partial charge in [0, 0.05) is 18.7 Å². The molecule has 0 radical (unpaired) electrons. The lowest BCUT2D eigenvalue weighted by molar-refractivity contribution is -0.142. The van der Waals surface area contributed by atoms with Crippen LogP contribution in [0.25, 0.3) is 28.7 Å². The zero-order valence-corrected chi connectivity index (χ0v) is 20.6. The number of rotatable bonds is 7. The second-order valence-electron chi connectivity index (χ2n) is 9.12. The fourth-order valence-electron chi connectivity index (χ4n) is 4.52. The minimum atomic E-state index is -4.87. The molecule has 0 spiro atoms. The number of aliphatic hydroxyl groups excluding tert-OH is 1. The third kappa shape index (κ3) is 5.94. The molecule has 1 aliphatic heterocycles. The number of pyridine rings is 1. The third-order valence-corrected chi connectivity index (χ3v) is 6.34. The molecule has 0 bridgehead atoms. The van der Waals surface area contributed by atoms with E-state index in [4.69, 9.17) is 14.4 Å². The van der Waals surface area contributed by atoms with Gasteiger partial charge >= 0.3 is 12.3 Å². The zero-order valence-electron chi connectivity index (χ0n) is 20.6. The smallest absolute Gasteiger partial charge is 0.450 e. The van der Waals surface area contributed by atoms with E-state index in [1.807, 2.05) is 4.90 Å². The molecule has 1 fully saturated rings. The lowest BCUT2D eigenvalue weighted by Gasteiger charge is -2.33. The van der Waals surface area contributed by atoms with Crippen molar-refractivity contribution in [3.63, 3.8) is 0 Å². The number of carboxylic acid groups (broad SMARTS) is 1. The molecule has 0 aliphatic carbocycles. The molecule has 11 nitrogen and oxygen atoms in total. The van der Waals surface area contributed by atoms with Crippen LogP contribution in [0.2, 0.25) is 0 Å². The Hall–Kier alpha value is -4.37. The normalized spacial score (nSPS) is 17.1. The van der Waals surface area contributed by atoms with Crippen molar-refractivity contribution in [2.24, 2.45) is 0 Å². The highest BCUT2D eigenvalue weighted by Gasteiger charge is 2.41. The number of piperidine rings is 1. The first kappa shape index (κ1) is 27.2. The average molecular weight is 562 g/mol. The maximum absolute atomic E-state index is 14.0. The third-order valence-electron chi connectivity index (χ3n) is 6.34. The van der Waals surface area contributed by atoms with Crippen LogP contribution in [-0.2, 0) is 10.9 Å². The van der Waals surface area contributed by atoms with E-state index < -0.39 is 47.5 Å². The molecule has 4 aromatic rings. The van der Waals surface area contributed by atoms with Crippen molar-refractivity contribution in [2.75, 3.05) is 19.6 Å². The standard InChI is InChI=1S/C25H22F4N6O5/c26-16-7-8-20(30-10-16)35-21(25(27,28)29)18(11-31-35)23-32-22(33-40-23)15-5-3-14(4-6-15)19(36)13-34-9-1-2-17(12-34)39-24(37)38/h3-8,10-11,17,19,36H,1-2,9,12-13H2,(H,37,38)/t17-,19+/m0/s1. The first-order valence-corrected chi connectivity index (χ1v) is 12.1. The number of likely N-dealkylation sites (tertiary alicyclic amines) is 1. The molecule has 4 heterocycles. The average Bonchev–Trinajstić information content (AvgIpc) is 3.57. The Morgan fingerprint density at radius 2 is 1.95 bits per heavy atom. The molecule has 0 saturated carbocycles. The molecular weight excluding hydrogens is 540 g/mol. The van der Waals surface area contributed by atoms with E-state index in [0.29, 0.717) is 35.3 Å². The summed E-state index contributed by atoms with van der Waals surface area (Å²) in [5.41, 5.74) is -0.689. The molecule has 2 N–H and O–H groups in total. The van der Waals surface area contributed by atoms with E-state index in [1.54, 1.807) is 24.3 Å². The molecule has 210 valence electrons. The number of nitrogens with zero attached hydrogens (tertiary/aromatic N) is 6. The van der Waals surface area contributed by atoms with Gasteiger partial charge in [-0.15, -0.1) is 0 Å². The number of carbonyl (C=O) groups is 1. The number of hydrogen-bond donors (Lipinski definition) is 2. The number of halogens is 4. The lowest BCUT2D eigenvalue weighted by Crippen LogP contribution is -2.42. The summed E-state index contributed by atoms with van der Waals surface area (Å²) in [5, 5.41) is 27.1. The summed E-state index contributed by atoms with van der Waals surface area (Å²) in [5.74, 6) is -1.37. The van der Waals surface area contributed by atoms with E-state index in [2.05, 4.69) is 20.2 Å².